The molecule has 1 aliphatic carbocycles. The first-order valence-corrected chi connectivity index (χ1v) is 15.4. The predicted molar refractivity (Wildman–Crippen MR) is 163 cm³/mol. The first kappa shape index (κ1) is 29.5. The number of nitrogens with zero attached hydrogens (tertiary/aromatic N) is 2. The molecule has 10 nitrogen and oxygen atoms in total. The highest BCUT2D eigenvalue weighted by Crippen LogP contribution is 2.33. The minimum absolute atomic E-state index is 0.141. The summed E-state index contributed by atoms with van der Waals surface area (Å²) in [5.74, 6) is -0.00421. The molecule has 3 aromatic rings. The van der Waals surface area contributed by atoms with E-state index in [1.165, 1.54) is 5.06 Å². The number of aliphatic hydroxyl groups excluding tert-OH is 1. The van der Waals surface area contributed by atoms with Gasteiger partial charge in [-0.15, -0.1) is 0 Å². The molecular weight excluding hydrogens is 554 g/mol. The number of hydrogen-bond donors (Lipinski definition) is 4. The van der Waals surface area contributed by atoms with Gasteiger partial charge >= 0.3 is 0 Å². The van der Waals surface area contributed by atoms with E-state index < -0.39 is 16.1 Å². The van der Waals surface area contributed by atoms with Crippen LogP contribution in [0.25, 0.3) is 17.2 Å². The van der Waals surface area contributed by atoms with E-state index in [0.717, 1.165) is 11.1 Å². The van der Waals surface area contributed by atoms with Crippen LogP contribution in [0.3, 0.4) is 0 Å². The Kier molecular flexibility index (Phi) is 8.74. The molecule has 0 radical (unpaired) electrons. The number of fused-ring (bicyclic) bond motifs is 1. The predicted octanol–water partition coefficient (Wildman–Crippen LogP) is 3.88. The third-order valence-electron chi connectivity index (χ3n) is 7.20. The van der Waals surface area contributed by atoms with Crippen molar-refractivity contribution in [3.05, 3.63) is 83.4 Å². The normalized spacial score (nSPS) is 18.2. The van der Waals surface area contributed by atoms with Gasteiger partial charge in [0.2, 0.25) is 10.0 Å². The second-order valence-electron chi connectivity index (χ2n) is 10.6. The maximum absolute atomic E-state index is 13.5. The third-order valence-corrected chi connectivity index (χ3v) is 8.72. The van der Waals surface area contributed by atoms with E-state index in [-0.39, 0.29) is 35.7 Å². The van der Waals surface area contributed by atoms with E-state index >= 15 is 0 Å². The minimum atomic E-state index is -3.74. The molecule has 1 heterocycles. The number of aliphatic imine (C=N–C) groups is 1. The Labute approximate surface area is 245 Å². The first-order chi connectivity index (χ1) is 20.1. The summed E-state index contributed by atoms with van der Waals surface area (Å²) in [7, 11) is -3.74. The first-order valence-electron chi connectivity index (χ1n) is 13.9. The van der Waals surface area contributed by atoms with Crippen LogP contribution in [0.1, 0.15) is 43.7 Å². The number of benzene rings is 3. The standard InChI is InChI=1S/C31H35N5O5S/c1-2-12-36(41-19-20-6-10-25(32)11-7-20)31(38)24-13-23-9-8-22(15-29(23)34-30(33)16-24)21-4-3-5-28(14-21)42(39,40)35-26-17-27(37)18-26/h3-11,13-15,26-27,35,37H,2,12,16-19,32H2,1H3,(H2,33,34). The van der Waals surface area contributed by atoms with Crippen molar-refractivity contribution < 1.29 is 23.2 Å². The molecule has 1 saturated carbocycles. The van der Waals surface area contributed by atoms with Crippen LogP contribution in [0.2, 0.25) is 0 Å². The highest BCUT2D eigenvalue weighted by atomic mass is 32.2. The van der Waals surface area contributed by atoms with Crippen LogP contribution >= 0.6 is 0 Å². The van der Waals surface area contributed by atoms with E-state index in [1.807, 2.05) is 43.3 Å². The quantitative estimate of drug-likeness (QED) is 0.206. The zero-order valence-electron chi connectivity index (χ0n) is 23.4. The largest absolute Gasteiger partial charge is 0.399 e. The lowest BCUT2D eigenvalue weighted by Crippen LogP contribution is -2.46. The summed E-state index contributed by atoms with van der Waals surface area (Å²) in [4.78, 5) is 24.1. The molecule has 0 bridgehead atoms. The van der Waals surface area contributed by atoms with Crippen molar-refractivity contribution in [2.45, 2.75) is 56.3 Å². The average Bonchev–Trinajstić information content (AvgIpc) is 3.12. The van der Waals surface area contributed by atoms with Crippen molar-refractivity contribution in [3.8, 4) is 11.1 Å². The Balaban J connectivity index is 1.37. The average molecular weight is 590 g/mol. The van der Waals surface area contributed by atoms with Crippen LogP contribution < -0.4 is 16.2 Å². The monoisotopic (exact) mass is 589 g/mol. The van der Waals surface area contributed by atoms with Gasteiger partial charge in [-0.25, -0.2) is 23.2 Å². The van der Waals surface area contributed by atoms with Gasteiger partial charge in [0.25, 0.3) is 5.91 Å². The number of amidine groups is 1. The zero-order valence-corrected chi connectivity index (χ0v) is 24.2. The number of hydroxylamine groups is 2. The number of sulfonamides is 1. The Hall–Kier alpha value is -4.03. The number of carbonyl (C=O) groups is 1. The van der Waals surface area contributed by atoms with Crippen LogP contribution in [0.5, 0.6) is 0 Å². The van der Waals surface area contributed by atoms with Gasteiger partial charge in [0.15, 0.2) is 0 Å². The number of carbonyl (C=O) groups excluding carboxylic acids is 1. The fourth-order valence-corrected chi connectivity index (χ4v) is 6.18. The van der Waals surface area contributed by atoms with E-state index in [1.54, 1.807) is 36.4 Å². The third kappa shape index (κ3) is 6.88. The molecule has 42 heavy (non-hydrogen) atoms. The molecule has 6 N–H and O–H groups in total. The van der Waals surface area contributed by atoms with Crippen LogP contribution in [0.4, 0.5) is 11.4 Å². The highest BCUT2D eigenvalue weighted by molar-refractivity contribution is 7.89. The van der Waals surface area contributed by atoms with Gasteiger partial charge in [-0.1, -0.05) is 43.3 Å². The van der Waals surface area contributed by atoms with Crippen molar-refractivity contribution in [2.75, 3.05) is 12.3 Å². The maximum Gasteiger partial charge on any atom is 0.273 e. The molecule has 0 spiro atoms. The molecule has 220 valence electrons. The highest BCUT2D eigenvalue weighted by Gasteiger charge is 2.31. The van der Waals surface area contributed by atoms with Gasteiger partial charge in [-0.05, 0) is 72.4 Å². The molecular formula is C31H35N5O5S. The van der Waals surface area contributed by atoms with Gasteiger partial charge in [0.1, 0.15) is 12.4 Å². The van der Waals surface area contributed by atoms with E-state index in [9.17, 15) is 18.3 Å². The molecule has 0 atom stereocenters. The fourth-order valence-electron chi connectivity index (χ4n) is 4.88. The van der Waals surface area contributed by atoms with E-state index in [4.69, 9.17) is 16.3 Å². The number of nitrogen functional groups attached to an aromatic ring is 1. The molecule has 1 amide bonds. The lowest BCUT2D eigenvalue weighted by Gasteiger charge is -2.31. The summed E-state index contributed by atoms with van der Waals surface area (Å²) >= 11 is 0. The van der Waals surface area contributed by atoms with Gasteiger partial charge in [-0.3, -0.25) is 9.63 Å². The maximum atomic E-state index is 13.5. The SMILES string of the molecule is CCCN(OCc1ccc(N)cc1)C(=O)C1=Cc2ccc(-c3cccc(S(=O)(=O)NC4CC(O)C4)c3)cc2N=C(N)C1. The van der Waals surface area contributed by atoms with Crippen molar-refractivity contribution >= 4 is 39.2 Å². The summed E-state index contributed by atoms with van der Waals surface area (Å²) < 4.78 is 28.4. The van der Waals surface area contributed by atoms with E-state index in [0.29, 0.717) is 53.9 Å². The molecule has 11 heteroatoms. The number of anilines is 1. The van der Waals surface area contributed by atoms with Crippen molar-refractivity contribution in [1.29, 1.82) is 0 Å². The van der Waals surface area contributed by atoms with E-state index in [2.05, 4.69) is 9.71 Å². The zero-order chi connectivity index (χ0) is 29.9. The number of rotatable bonds is 10. The van der Waals surface area contributed by atoms with Crippen LogP contribution in [0.15, 0.2) is 82.2 Å². The van der Waals surface area contributed by atoms with Gasteiger partial charge < -0.3 is 16.6 Å². The number of aliphatic hydroxyl groups is 1. The summed E-state index contributed by atoms with van der Waals surface area (Å²) in [5, 5.41) is 10.9. The van der Waals surface area contributed by atoms with Crippen LogP contribution in [-0.2, 0) is 26.3 Å². The minimum Gasteiger partial charge on any atom is -0.399 e. The summed E-state index contributed by atoms with van der Waals surface area (Å²) in [6, 6.07) is 19.2. The van der Waals surface area contributed by atoms with Crippen molar-refractivity contribution in [1.82, 2.24) is 9.79 Å². The van der Waals surface area contributed by atoms with Crippen molar-refractivity contribution in [3.63, 3.8) is 0 Å². The second-order valence-corrected chi connectivity index (χ2v) is 12.3. The number of nitrogens with one attached hydrogen (secondary N) is 1. The molecule has 2 aliphatic rings. The van der Waals surface area contributed by atoms with Gasteiger partial charge in [-0.2, -0.15) is 0 Å². The van der Waals surface area contributed by atoms with Crippen LogP contribution in [-0.4, -0.2) is 49.0 Å². The number of hydrogen-bond acceptors (Lipinski definition) is 8. The molecule has 0 saturated heterocycles. The smallest absolute Gasteiger partial charge is 0.273 e. The molecule has 3 aromatic carbocycles. The van der Waals surface area contributed by atoms with Crippen LogP contribution in [0, 0.1) is 0 Å². The number of nitrogens with two attached hydrogens (primary N) is 2. The second kappa shape index (κ2) is 12.5. The fraction of sp³-hybridized carbons (Fsp3) is 0.290. The number of amides is 1. The van der Waals surface area contributed by atoms with Gasteiger partial charge in [0, 0.05) is 35.8 Å². The summed E-state index contributed by atoms with van der Waals surface area (Å²) in [5.41, 5.74) is 16.8. The Bertz CT molecular complexity index is 1630. The molecule has 5 rings (SSSR count). The summed E-state index contributed by atoms with van der Waals surface area (Å²) in [6.45, 7) is 2.59. The Morgan fingerprint density at radius 3 is 2.52 bits per heavy atom. The topological polar surface area (TPSA) is 160 Å². The molecule has 1 aliphatic heterocycles. The van der Waals surface area contributed by atoms with Gasteiger partial charge in [0.05, 0.1) is 16.7 Å². The lowest BCUT2D eigenvalue weighted by molar-refractivity contribution is -0.187. The summed E-state index contributed by atoms with van der Waals surface area (Å²) in [6.07, 6.45) is 3.00. The Morgan fingerprint density at radius 2 is 1.81 bits per heavy atom. The molecule has 0 aromatic heterocycles. The van der Waals surface area contributed by atoms with Crippen molar-refractivity contribution in [2.24, 2.45) is 10.7 Å². The lowest BCUT2D eigenvalue weighted by atomic mass is 9.91. The Morgan fingerprint density at radius 1 is 1.07 bits per heavy atom. The molecule has 0 unspecified atom stereocenters. The molecule has 1 fully saturated rings.